The number of hydrogen-bond donors (Lipinski definition) is 0. The minimum Gasteiger partial charge on any atom is -0.550 e. The summed E-state index contributed by atoms with van der Waals surface area (Å²) in [7, 11) is 1.67. The van der Waals surface area contributed by atoms with Gasteiger partial charge in [-0.15, -0.1) is 0 Å². The third-order valence-electron chi connectivity index (χ3n) is 3.58. The molecule has 0 aliphatic rings. The van der Waals surface area contributed by atoms with Gasteiger partial charge in [0.05, 0.1) is 7.11 Å². The van der Waals surface area contributed by atoms with Crippen molar-refractivity contribution in [3.8, 4) is 5.75 Å². The number of rotatable bonds is 7. The molecule has 0 saturated heterocycles. The van der Waals surface area contributed by atoms with Crippen molar-refractivity contribution in [1.82, 2.24) is 4.57 Å². The predicted molar refractivity (Wildman–Crippen MR) is 76.7 cm³/mol. The molecule has 1 aromatic carbocycles. The van der Waals surface area contributed by atoms with Crippen LogP contribution in [-0.4, -0.2) is 17.6 Å². The van der Waals surface area contributed by atoms with Crippen LogP contribution in [0.3, 0.4) is 0 Å². The number of ether oxygens (including phenoxy) is 1. The number of aromatic nitrogens is 1. The monoisotopic (exact) mass is 297 g/mol. The summed E-state index contributed by atoms with van der Waals surface area (Å²) < 4.78 is 7.51. The Balaban J connectivity index is 0.00000220. The Kier molecular flexibility index (Phi) is 7.29. The van der Waals surface area contributed by atoms with E-state index in [0.29, 0.717) is 6.42 Å². The van der Waals surface area contributed by atoms with Crippen LogP contribution in [0.2, 0.25) is 0 Å². The molecule has 5 heteroatoms. The molecule has 0 aliphatic carbocycles. The Morgan fingerprint density at radius 2 is 2.00 bits per heavy atom. The Bertz CT molecular complexity index is 607. The summed E-state index contributed by atoms with van der Waals surface area (Å²) in [5.41, 5.74) is 2.41. The third kappa shape index (κ3) is 4.77. The van der Waals surface area contributed by atoms with Gasteiger partial charge in [-0.2, -0.15) is 0 Å². The van der Waals surface area contributed by atoms with E-state index in [1.54, 1.807) is 7.11 Å². The van der Waals surface area contributed by atoms with Crippen LogP contribution >= 0.6 is 0 Å². The molecule has 0 bridgehead atoms. The molecular formula is C16H20NNaO3. The van der Waals surface area contributed by atoms with Gasteiger partial charge >= 0.3 is 29.6 Å². The van der Waals surface area contributed by atoms with E-state index in [0.717, 1.165) is 25.1 Å². The van der Waals surface area contributed by atoms with Crippen molar-refractivity contribution in [2.24, 2.45) is 0 Å². The number of carboxylic acids is 1. The molecule has 0 N–H and O–H groups in total. The minimum atomic E-state index is -0.959. The van der Waals surface area contributed by atoms with Crippen molar-refractivity contribution < 1.29 is 44.2 Å². The van der Waals surface area contributed by atoms with Gasteiger partial charge in [0.25, 0.3) is 0 Å². The Hall–Kier alpha value is -0.970. The molecule has 0 radical (unpaired) electrons. The van der Waals surface area contributed by atoms with E-state index in [4.69, 9.17) is 4.74 Å². The van der Waals surface area contributed by atoms with Gasteiger partial charge < -0.3 is 19.2 Å². The van der Waals surface area contributed by atoms with Crippen LogP contribution in [0.1, 0.15) is 31.4 Å². The molecule has 0 amide bonds. The van der Waals surface area contributed by atoms with E-state index in [2.05, 4.69) is 23.6 Å². The van der Waals surface area contributed by atoms with E-state index < -0.39 is 5.97 Å². The van der Waals surface area contributed by atoms with Gasteiger partial charge in [-0.05, 0) is 50.5 Å². The number of carboxylic acid groups (broad SMARTS) is 1. The zero-order chi connectivity index (χ0) is 14.5. The van der Waals surface area contributed by atoms with Gasteiger partial charge in [0, 0.05) is 29.1 Å². The molecule has 108 valence electrons. The first-order valence-electron chi connectivity index (χ1n) is 6.95. The molecule has 0 fully saturated rings. The van der Waals surface area contributed by atoms with Crippen LogP contribution in [0.4, 0.5) is 0 Å². The maximum Gasteiger partial charge on any atom is 1.00 e. The fourth-order valence-corrected chi connectivity index (χ4v) is 2.53. The molecule has 0 aliphatic heterocycles. The van der Waals surface area contributed by atoms with Crippen molar-refractivity contribution in [1.29, 1.82) is 0 Å². The predicted octanol–water partition coefficient (Wildman–Crippen LogP) is -0.727. The summed E-state index contributed by atoms with van der Waals surface area (Å²) in [6.45, 7) is 3.00. The van der Waals surface area contributed by atoms with Gasteiger partial charge in [0.15, 0.2) is 0 Å². The number of aliphatic carboxylic acids is 1. The molecule has 0 spiro atoms. The minimum absolute atomic E-state index is 0. The summed E-state index contributed by atoms with van der Waals surface area (Å²) in [5.74, 6) is -0.0942. The average molecular weight is 297 g/mol. The molecule has 2 aromatic rings. The van der Waals surface area contributed by atoms with Gasteiger partial charge in [-0.1, -0.05) is 6.42 Å². The molecule has 2 rings (SSSR count). The van der Waals surface area contributed by atoms with E-state index in [1.165, 1.54) is 16.6 Å². The van der Waals surface area contributed by atoms with E-state index >= 15 is 0 Å². The second-order valence-corrected chi connectivity index (χ2v) is 5.04. The topological polar surface area (TPSA) is 54.3 Å². The van der Waals surface area contributed by atoms with Crippen LogP contribution in [0.15, 0.2) is 24.3 Å². The average Bonchev–Trinajstić information content (AvgIpc) is 2.73. The molecule has 0 saturated carbocycles. The summed E-state index contributed by atoms with van der Waals surface area (Å²) in [5, 5.41) is 11.5. The number of hydrogen-bond acceptors (Lipinski definition) is 3. The van der Waals surface area contributed by atoms with Crippen LogP contribution in [-0.2, 0) is 11.3 Å². The number of nitrogens with zero attached hydrogens (tertiary/aromatic N) is 1. The number of aryl methyl sites for hydroxylation is 2. The molecule has 21 heavy (non-hydrogen) atoms. The fourth-order valence-electron chi connectivity index (χ4n) is 2.53. The SMILES string of the molecule is COc1ccc2c(c1)cc(C)n2CCCCCC(=O)[O-].[Na+]. The molecular weight excluding hydrogens is 277 g/mol. The fraction of sp³-hybridized carbons (Fsp3) is 0.438. The second-order valence-electron chi connectivity index (χ2n) is 5.04. The van der Waals surface area contributed by atoms with Crippen molar-refractivity contribution >= 4 is 16.9 Å². The van der Waals surface area contributed by atoms with Gasteiger partial charge in [0.2, 0.25) is 0 Å². The third-order valence-corrected chi connectivity index (χ3v) is 3.58. The van der Waals surface area contributed by atoms with E-state index in [-0.39, 0.29) is 36.0 Å². The largest absolute Gasteiger partial charge is 1.00 e. The maximum atomic E-state index is 10.4. The summed E-state index contributed by atoms with van der Waals surface area (Å²) in [4.78, 5) is 10.4. The summed E-state index contributed by atoms with van der Waals surface area (Å²) in [6.07, 6.45) is 2.73. The Morgan fingerprint density at radius 1 is 1.24 bits per heavy atom. The van der Waals surface area contributed by atoms with Crippen molar-refractivity contribution in [2.45, 2.75) is 39.2 Å². The summed E-state index contributed by atoms with van der Waals surface area (Å²) in [6, 6.07) is 8.23. The van der Waals surface area contributed by atoms with Crippen molar-refractivity contribution in [2.75, 3.05) is 7.11 Å². The molecule has 0 atom stereocenters. The van der Waals surface area contributed by atoms with Gasteiger partial charge in [-0.3, -0.25) is 0 Å². The van der Waals surface area contributed by atoms with Crippen LogP contribution in [0.5, 0.6) is 5.75 Å². The number of carbonyl (C=O) groups excluding carboxylic acids is 1. The number of fused-ring (bicyclic) bond motifs is 1. The molecule has 4 nitrogen and oxygen atoms in total. The van der Waals surface area contributed by atoms with E-state index in [1.807, 2.05) is 12.1 Å². The van der Waals surface area contributed by atoms with Crippen LogP contribution in [0, 0.1) is 6.92 Å². The Labute approximate surface area is 147 Å². The first kappa shape index (κ1) is 18.1. The van der Waals surface area contributed by atoms with Crippen molar-refractivity contribution in [3.05, 3.63) is 30.0 Å². The number of benzene rings is 1. The first-order valence-corrected chi connectivity index (χ1v) is 6.95. The normalized spacial score (nSPS) is 10.4. The van der Waals surface area contributed by atoms with E-state index in [9.17, 15) is 9.90 Å². The van der Waals surface area contributed by atoms with Gasteiger partial charge in [-0.25, -0.2) is 0 Å². The number of methoxy groups -OCH3 is 1. The molecule has 1 aromatic heterocycles. The van der Waals surface area contributed by atoms with Gasteiger partial charge in [0.1, 0.15) is 5.75 Å². The molecule has 0 unspecified atom stereocenters. The van der Waals surface area contributed by atoms with Crippen LogP contribution < -0.4 is 39.4 Å². The number of unbranched alkanes of at least 4 members (excludes halogenated alkanes) is 2. The zero-order valence-corrected chi connectivity index (χ0v) is 15.0. The second kappa shape index (κ2) is 8.47. The Morgan fingerprint density at radius 3 is 2.67 bits per heavy atom. The smallest absolute Gasteiger partial charge is 0.550 e. The number of carbonyl (C=O) groups is 1. The van der Waals surface area contributed by atoms with Crippen molar-refractivity contribution in [3.63, 3.8) is 0 Å². The molecule has 1 heterocycles. The summed E-state index contributed by atoms with van der Waals surface area (Å²) >= 11 is 0. The first-order chi connectivity index (χ1) is 9.61. The zero-order valence-electron chi connectivity index (χ0n) is 13.0. The quantitative estimate of drug-likeness (QED) is 0.500. The standard InChI is InChI=1S/C16H21NO3.Na/c1-12-10-13-11-14(20-2)7-8-15(13)17(12)9-5-3-4-6-16(18)19;/h7-8,10-11H,3-6,9H2,1-2H3,(H,18,19);/q;+1/p-1. The maximum absolute atomic E-state index is 10.4. The van der Waals surface area contributed by atoms with Crippen LogP contribution in [0.25, 0.3) is 10.9 Å².